The van der Waals surface area contributed by atoms with E-state index in [2.05, 4.69) is 36.7 Å². The van der Waals surface area contributed by atoms with Gasteiger partial charge in [0.05, 0.1) is 5.69 Å². The standard InChI is InChI=1S/C20H23NO3/c1-14-8-10-18(11-9-14)20-21-19(15(2)24-20)7-5-4-6-17-12-22-16(3)23-13-17/h6,8-11H,3-5,7,12-13H2,1-2H3. The van der Waals surface area contributed by atoms with E-state index in [1.54, 1.807) is 0 Å². The maximum atomic E-state index is 5.82. The van der Waals surface area contributed by atoms with Crippen molar-refractivity contribution >= 4 is 0 Å². The molecule has 0 spiro atoms. The van der Waals surface area contributed by atoms with Gasteiger partial charge < -0.3 is 13.9 Å². The van der Waals surface area contributed by atoms with E-state index in [0.717, 1.165) is 36.3 Å². The van der Waals surface area contributed by atoms with E-state index in [4.69, 9.17) is 13.9 Å². The SMILES string of the molecule is C=C1OCC(=CCCCc2nc(-c3ccc(C)cc3)oc2C)CO1. The molecule has 1 aliphatic heterocycles. The minimum Gasteiger partial charge on any atom is -0.461 e. The fourth-order valence-electron chi connectivity index (χ4n) is 2.60. The van der Waals surface area contributed by atoms with Crippen LogP contribution in [0.4, 0.5) is 0 Å². The molecule has 1 aromatic carbocycles. The second-order valence-electron chi connectivity index (χ2n) is 6.09. The van der Waals surface area contributed by atoms with Gasteiger partial charge in [0.2, 0.25) is 5.89 Å². The molecule has 0 radical (unpaired) electrons. The van der Waals surface area contributed by atoms with Crippen LogP contribution in [0.5, 0.6) is 0 Å². The minimum absolute atomic E-state index is 0.411. The lowest BCUT2D eigenvalue weighted by Crippen LogP contribution is -2.13. The predicted octanol–water partition coefficient (Wildman–Crippen LogP) is 4.73. The van der Waals surface area contributed by atoms with Gasteiger partial charge in [0.1, 0.15) is 19.0 Å². The zero-order valence-corrected chi connectivity index (χ0v) is 14.3. The van der Waals surface area contributed by atoms with Crippen molar-refractivity contribution in [2.75, 3.05) is 13.2 Å². The Kier molecular flexibility index (Phi) is 5.04. The molecule has 2 aromatic rings. The Labute approximate surface area is 142 Å². The Morgan fingerprint density at radius 1 is 1.12 bits per heavy atom. The van der Waals surface area contributed by atoms with E-state index in [9.17, 15) is 0 Å². The van der Waals surface area contributed by atoms with Gasteiger partial charge in [0.25, 0.3) is 5.95 Å². The Morgan fingerprint density at radius 2 is 1.83 bits per heavy atom. The molecule has 0 aliphatic carbocycles. The summed E-state index contributed by atoms with van der Waals surface area (Å²) >= 11 is 0. The van der Waals surface area contributed by atoms with Gasteiger partial charge in [-0.1, -0.05) is 23.8 Å². The van der Waals surface area contributed by atoms with Crippen molar-refractivity contribution in [3.63, 3.8) is 0 Å². The zero-order chi connectivity index (χ0) is 16.9. The molecule has 0 N–H and O–H groups in total. The number of hydrogen-bond acceptors (Lipinski definition) is 4. The normalized spacial score (nSPS) is 14.2. The Morgan fingerprint density at radius 3 is 2.54 bits per heavy atom. The monoisotopic (exact) mass is 325 g/mol. The van der Waals surface area contributed by atoms with Crippen LogP contribution in [-0.4, -0.2) is 18.2 Å². The van der Waals surface area contributed by atoms with Gasteiger partial charge in [-0.3, -0.25) is 0 Å². The lowest BCUT2D eigenvalue weighted by atomic mass is 10.1. The molecule has 0 amide bonds. The summed E-state index contributed by atoms with van der Waals surface area (Å²) in [5.41, 5.74) is 4.46. The zero-order valence-electron chi connectivity index (χ0n) is 14.3. The summed E-state index contributed by atoms with van der Waals surface area (Å²) < 4.78 is 16.4. The number of ether oxygens (including phenoxy) is 2. The van der Waals surface area contributed by atoms with Crippen LogP contribution in [0, 0.1) is 13.8 Å². The molecule has 1 aliphatic rings. The molecule has 0 atom stereocenters. The number of nitrogens with zero attached hydrogens (tertiary/aromatic N) is 1. The van der Waals surface area contributed by atoms with Crippen LogP contribution in [0.15, 0.2) is 52.9 Å². The van der Waals surface area contributed by atoms with Crippen LogP contribution < -0.4 is 0 Å². The summed E-state index contributed by atoms with van der Waals surface area (Å²) in [5, 5.41) is 0. The third kappa shape index (κ3) is 4.07. The van der Waals surface area contributed by atoms with Crippen molar-refractivity contribution in [2.45, 2.75) is 33.1 Å². The fraction of sp³-hybridized carbons (Fsp3) is 0.350. The summed E-state index contributed by atoms with van der Waals surface area (Å²) in [6.07, 6.45) is 5.08. The molecule has 126 valence electrons. The van der Waals surface area contributed by atoms with Crippen LogP contribution in [0.25, 0.3) is 11.5 Å². The average molecular weight is 325 g/mol. The number of rotatable bonds is 5. The van der Waals surface area contributed by atoms with E-state index >= 15 is 0 Å². The number of oxazole rings is 1. The van der Waals surface area contributed by atoms with Crippen molar-refractivity contribution in [1.29, 1.82) is 0 Å². The highest BCUT2D eigenvalue weighted by Gasteiger charge is 2.12. The first-order valence-electron chi connectivity index (χ1n) is 8.27. The number of aromatic nitrogens is 1. The molecule has 4 heteroatoms. The predicted molar refractivity (Wildman–Crippen MR) is 93.5 cm³/mol. The molecule has 1 fully saturated rings. The van der Waals surface area contributed by atoms with Crippen molar-refractivity contribution in [3.05, 3.63) is 65.5 Å². The molecule has 1 saturated heterocycles. The van der Waals surface area contributed by atoms with Gasteiger partial charge in [0, 0.05) is 11.1 Å². The van der Waals surface area contributed by atoms with E-state index < -0.39 is 0 Å². The van der Waals surface area contributed by atoms with E-state index in [1.807, 2.05) is 19.1 Å². The van der Waals surface area contributed by atoms with E-state index in [0.29, 0.717) is 25.0 Å². The molecule has 0 bridgehead atoms. The van der Waals surface area contributed by atoms with Crippen LogP contribution in [0.1, 0.15) is 29.9 Å². The first-order valence-corrected chi connectivity index (χ1v) is 8.27. The van der Waals surface area contributed by atoms with Crippen molar-refractivity contribution in [1.82, 2.24) is 4.98 Å². The molecule has 0 unspecified atom stereocenters. The first kappa shape index (κ1) is 16.4. The van der Waals surface area contributed by atoms with Gasteiger partial charge in [-0.2, -0.15) is 0 Å². The summed E-state index contributed by atoms with van der Waals surface area (Å²) in [5.74, 6) is 2.02. The van der Waals surface area contributed by atoms with Gasteiger partial charge in [-0.25, -0.2) is 4.98 Å². The van der Waals surface area contributed by atoms with Crippen LogP contribution >= 0.6 is 0 Å². The number of benzene rings is 1. The highest BCUT2D eigenvalue weighted by Crippen LogP contribution is 2.23. The number of unbranched alkanes of at least 4 members (excludes halogenated alkanes) is 1. The van der Waals surface area contributed by atoms with Crippen LogP contribution in [0.3, 0.4) is 0 Å². The fourth-order valence-corrected chi connectivity index (χ4v) is 2.60. The molecule has 24 heavy (non-hydrogen) atoms. The number of aryl methyl sites for hydroxylation is 3. The van der Waals surface area contributed by atoms with Crippen molar-refractivity contribution < 1.29 is 13.9 Å². The maximum absolute atomic E-state index is 5.82. The Bertz CT molecular complexity index is 729. The van der Waals surface area contributed by atoms with Crippen LogP contribution in [0.2, 0.25) is 0 Å². The average Bonchev–Trinajstić information content (AvgIpc) is 2.95. The highest BCUT2D eigenvalue weighted by molar-refractivity contribution is 5.54. The molecule has 2 heterocycles. The molecule has 3 rings (SSSR count). The highest BCUT2D eigenvalue weighted by atomic mass is 16.7. The molecular weight excluding hydrogens is 302 g/mol. The van der Waals surface area contributed by atoms with Gasteiger partial charge in [0.15, 0.2) is 0 Å². The second kappa shape index (κ2) is 7.39. The topological polar surface area (TPSA) is 44.5 Å². The molecular formula is C20H23NO3. The lowest BCUT2D eigenvalue weighted by Gasteiger charge is -2.18. The maximum Gasteiger partial charge on any atom is 0.272 e. The summed E-state index contributed by atoms with van der Waals surface area (Å²) in [4.78, 5) is 4.66. The Hall–Kier alpha value is -2.49. The third-order valence-corrected chi connectivity index (χ3v) is 4.08. The van der Waals surface area contributed by atoms with E-state index in [-0.39, 0.29) is 0 Å². The van der Waals surface area contributed by atoms with E-state index in [1.165, 1.54) is 11.1 Å². The number of hydrogen-bond donors (Lipinski definition) is 0. The summed E-state index contributed by atoms with van der Waals surface area (Å²) in [6.45, 7) is 8.85. The third-order valence-electron chi connectivity index (χ3n) is 4.08. The molecule has 4 nitrogen and oxygen atoms in total. The molecule has 0 saturated carbocycles. The van der Waals surface area contributed by atoms with Gasteiger partial charge >= 0.3 is 0 Å². The minimum atomic E-state index is 0.411. The second-order valence-corrected chi connectivity index (χ2v) is 6.09. The molecule has 1 aromatic heterocycles. The van der Waals surface area contributed by atoms with Gasteiger partial charge in [-0.15, -0.1) is 0 Å². The lowest BCUT2D eigenvalue weighted by molar-refractivity contribution is 0.0201. The van der Waals surface area contributed by atoms with Gasteiger partial charge in [-0.05, 0) is 51.8 Å². The quantitative estimate of drug-likeness (QED) is 0.589. The van der Waals surface area contributed by atoms with Crippen molar-refractivity contribution in [2.24, 2.45) is 0 Å². The Balaban J connectivity index is 1.55. The number of allylic oxidation sites excluding steroid dienone is 1. The van der Waals surface area contributed by atoms with Crippen LogP contribution in [-0.2, 0) is 15.9 Å². The smallest absolute Gasteiger partial charge is 0.272 e. The summed E-state index contributed by atoms with van der Waals surface area (Å²) in [7, 11) is 0. The summed E-state index contributed by atoms with van der Waals surface area (Å²) in [6, 6.07) is 8.24. The largest absolute Gasteiger partial charge is 0.461 e. The van der Waals surface area contributed by atoms with Crippen molar-refractivity contribution in [3.8, 4) is 11.5 Å². The first-order chi connectivity index (χ1) is 11.6.